The lowest BCUT2D eigenvalue weighted by atomic mass is 10.0. The third-order valence-corrected chi connectivity index (χ3v) is 12.4. The quantitative estimate of drug-likeness (QED) is 0.0262. The highest BCUT2D eigenvalue weighted by Gasteiger charge is 2.19. The highest BCUT2D eigenvalue weighted by molar-refractivity contribution is 5.71. The Balaban J connectivity index is 4.33. The second-order valence-electron chi connectivity index (χ2n) is 18.8. The van der Waals surface area contributed by atoms with Crippen molar-refractivity contribution in [3.63, 3.8) is 0 Å². The molecule has 0 aliphatic heterocycles. The molecule has 0 radical (unpaired) electrons. The summed E-state index contributed by atoms with van der Waals surface area (Å²) < 4.78 is 16.9. The van der Waals surface area contributed by atoms with Gasteiger partial charge in [0.15, 0.2) is 6.10 Å². The first kappa shape index (κ1) is 61.6. The van der Waals surface area contributed by atoms with Crippen LogP contribution in [0.2, 0.25) is 0 Å². The van der Waals surface area contributed by atoms with E-state index in [4.69, 9.17) is 14.2 Å². The zero-order valence-corrected chi connectivity index (χ0v) is 42.8. The average Bonchev–Trinajstić information content (AvgIpc) is 3.29. The van der Waals surface area contributed by atoms with Gasteiger partial charge in [-0.2, -0.15) is 0 Å². The van der Waals surface area contributed by atoms with Crippen LogP contribution < -0.4 is 0 Å². The van der Waals surface area contributed by atoms with Gasteiger partial charge in [-0.25, -0.2) is 0 Å². The molecule has 1 unspecified atom stereocenters. The van der Waals surface area contributed by atoms with E-state index in [9.17, 15) is 14.4 Å². The van der Waals surface area contributed by atoms with Crippen LogP contribution in [-0.4, -0.2) is 37.2 Å². The number of ether oxygens (including phenoxy) is 3. The smallest absolute Gasteiger partial charge is 0.306 e. The number of carbonyl (C=O) groups excluding carboxylic acids is 3. The topological polar surface area (TPSA) is 78.9 Å². The van der Waals surface area contributed by atoms with E-state index in [0.29, 0.717) is 19.3 Å². The third kappa shape index (κ3) is 50.6. The van der Waals surface area contributed by atoms with Gasteiger partial charge >= 0.3 is 17.9 Å². The molecule has 6 heteroatoms. The van der Waals surface area contributed by atoms with Crippen molar-refractivity contribution in [2.45, 2.75) is 303 Å². The van der Waals surface area contributed by atoms with Crippen LogP contribution in [-0.2, 0) is 28.6 Å². The number of hydrogen-bond acceptors (Lipinski definition) is 6. The first-order chi connectivity index (χ1) is 31.5. The van der Waals surface area contributed by atoms with E-state index >= 15 is 0 Å². The van der Waals surface area contributed by atoms with Gasteiger partial charge in [0.05, 0.1) is 0 Å². The van der Waals surface area contributed by atoms with Crippen molar-refractivity contribution in [3.05, 3.63) is 36.5 Å². The van der Waals surface area contributed by atoms with E-state index in [-0.39, 0.29) is 31.1 Å². The van der Waals surface area contributed by atoms with Crippen LogP contribution >= 0.6 is 0 Å². The summed E-state index contributed by atoms with van der Waals surface area (Å²) in [6, 6.07) is 0. The van der Waals surface area contributed by atoms with Crippen LogP contribution in [0.15, 0.2) is 36.5 Å². The maximum Gasteiger partial charge on any atom is 0.306 e. The van der Waals surface area contributed by atoms with Crippen LogP contribution in [0.5, 0.6) is 0 Å². The summed E-state index contributed by atoms with van der Waals surface area (Å²) >= 11 is 0. The first-order valence-corrected chi connectivity index (χ1v) is 28.0. The molecular formula is C58H106O6. The highest BCUT2D eigenvalue weighted by atomic mass is 16.6. The van der Waals surface area contributed by atoms with Crippen LogP contribution in [0.25, 0.3) is 0 Å². The Kier molecular flexibility index (Phi) is 51.3. The number of allylic oxidation sites excluding steroid dienone is 6. The minimum atomic E-state index is -0.771. The summed E-state index contributed by atoms with van der Waals surface area (Å²) in [6.45, 7) is 6.56. The Hall–Kier alpha value is -2.37. The maximum absolute atomic E-state index is 12.8. The molecule has 0 aromatic rings. The Bertz CT molecular complexity index is 1080. The van der Waals surface area contributed by atoms with Crippen molar-refractivity contribution in [1.29, 1.82) is 0 Å². The molecule has 0 aromatic heterocycles. The number of carbonyl (C=O) groups is 3. The van der Waals surface area contributed by atoms with E-state index in [1.807, 2.05) is 0 Å². The Morgan fingerprint density at radius 1 is 0.328 bits per heavy atom. The summed E-state index contributed by atoms with van der Waals surface area (Å²) in [5.41, 5.74) is 0. The monoisotopic (exact) mass is 899 g/mol. The van der Waals surface area contributed by atoms with Crippen LogP contribution in [0.3, 0.4) is 0 Å². The van der Waals surface area contributed by atoms with Gasteiger partial charge < -0.3 is 14.2 Å². The Morgan fingerprint density at radius 3 is 0.953 bits per heavy atom. The SMILES string of the molecule is CC/C=C\C/C=C\C/C=C\CCCCCCCCCC(=O)OCC(COC(=O)CCCCCCCCCCCCCC)OC(=O)CCCCCCCCCCCCCCCCCCC. The molecule has 0 bridgehead atoms. The van der Waals surface area contributed by atoms with Gasteiger partial charge in [0.25, 0.3) is 0 Å². The normalized spacial score (nSPS) is 12.2. The molecule has 0 heterocycles. The number of esters is 3. The lowest BCUT2D eigenvalue weighted by Gasteiger charge is -2.18. The van der Waals surface area contributed by atoms with Crippen LogP contribution in [0.4, 0.5) is 0 Å². The summed E-state index contributed by atoms with van der Waals surface area (Å²) in [7, 11) is 0. The van der Waals surface area contributed by atoms with Crippen molar-refractivity contribution in [3.8, 4) is 0 Å². The summed E-state index contributed by atoms with van der Waals surface area (Å²) in [5.74, 6) is -0.864. The fourth-order valence-corrected chi connectivity index (χ4v) is 8.22. The Labute approximate surface area is 397 Å². The van der Waals surface area contributed by atoms with Crippen LogP contribution in [0.1, 0.15) is 297 Å². The number of hydrogen-bond donors (Lipinski definition) is 0. The second kappa shape index (κ2) is 53.2. The molecule has 0 saturated carbocycles. The van der Waals surface area contributed by atoms with Gasteiger partial charge in [-0.1, -0.05) is 263 Å². The first-order valence-electron chi connectivity index (χ1n) is 28.0. The minimum absolute atomic E-state index is 0.0705. The predicted octanol–water partition coefficient (Wildman–Crippen LogP) is 18.5. The largest absolute Gasteiger partial charge is 0.462 e. The van der Waals surface area contributed by atoms with E-state index in [1.165, 1.54) is 173 Å². The van der Waals surface area contributed by atoms with Gasteiger partial charge in [-0.15, -0.1) is 0 Å². The lowest BCUT2D eigenvalue weighted by Crippen LogP contribution is -2.30. The van der Waals surface area contributed by atoms with Crippen molar-refractivity contribution in [2.75, 3.05) is 13.2 Å². The molecule has 0 rings (SSSR count). The van der Waals surface area contributed by atoms with Crippen molar-refractivity contribution in [2.24, 2.45) is 0 Å². The van der Waals surface area contributed by atoms with Crippen molar-refractivity contribution < 1.29 is 28.6 Å². The molecule has 1 atom stereocenters. The molecule has 0 aliphatic rings. The second-order valence-corrected chi connectivity index (χ2v) is 18.8. The van der Waals surface area contributed by atoms with Crippen molar-refractivity contribution >= 4 is 17.9 Å². The molecule has 0 amide bonds. The lowest BCUT2D eigenvalue weighted by molar-refractivity contribution is -0.167. The fourth-order valence-electron chi connectivity index (χ4n) is 8.22. The minimum Gasteiger partial charge on any atom is -0.462 e. The standard InChI is InChI=1S/C58H106O6/c1-4-7-10-13-16-19-22-25-27-29-31-33-36-39-42-45-48-51-57(60)63-54-55(53-62-56(59)50-47-44-41-38-35-24-21-18-15-12-9-6-3)64-58(61)52-49-46-43-40-37-34-32-30-28-26-23-20-17-14-11-8-5-2/h7,10,16,19,25,27,55H,4-6,8-9,11-15,17-18,20-24,26,28-54H2,1-3H3/b10-7-,19-16-,27-25-. The molecule has 6 nitrogen and oxygen atoms in total. The predicted molar refractivity (Wildman–Crippen MR) is 275 cm³/mol. The maximum atomic E-state index is 12.8. The fraction of sp³-hybridized carbons (Fsp3) is 0.845. The van der Waals surface area contributed by atoms with Gasteiger partial charge in [-0.3, -0.25) is 14.4 Å². The highest BCUT2D eigenvalue weighted by Crippen LogP contribution is 2.17. The molecule has 0 aromatic carbocycles. The zero-order chi connectivity index (χ0) is 46.5. The number of unbranched alkanes of at least 4 members (excludes halogenated alkanes) is 34. The molecular weight excluding hydrogens is 793 g/mol. The van der Waals surface area contributed by atoms with Gasteiger partial charge in [0, 0.05) is 19.3 Å². The number of rotatable bonds is 51. The van der Waals surface area contributed by atoms with E-state index in [1.54, 1.807) is 0 Å². The van der Waals surface area contributed by atoms with E-state index in [2.05, 4.69) is 57.2 Å². The molecule has 0 N–H and O–H groups in total. The van der Waals surface area contributed by atoms with Gasteiger partial charge in [0.1, 0.15) is 13.2 Å². The van der Waals surface area contributed by atoms with Crippen molar-refractivity contribution in [1.82, 2.24) is 0 Å². The zero-order valence-electron chi connectivity index (χ0n) is 42.8. The molecule has 0 spiro atoms. The summed E-state index contributed by atoms with van der Waals surface area (Å²) in [5, 5.41) is 0. The molecule has 374 valence electrons. The molecule has 0 fully saturated rings. The third-order valence-electron chi connectivity index (χ3n) is 12.4. The average molecular weight is 899 g/mol. The molecule has 0 saturated heterocycles. The summed E-state index contributed by atoms with van der Waals surface area (Å²) in [4.78, 5) is 38.1. The van der Waals surface area contributed by atoms with Crippen LogP contribution in [0, 0.1) is 0 Å². The van der Waals surface area contributed by atoms with Gasteiger partial charge in [0.2, 0.25) is 0 Å². The summed E-state index contributed by atoms with van der Waals surface area (Å²) in [6.07, 6.45) is 62.7. The van der Waals surface area contributed by atoms with Gasteiger partial charge in [-0.05, 0) is 51.4 Å². The van der Waals surface area contributed by atoms with E-state index < -0.39 is 6.10 Å². The molecule has 64 heavy (non-hydrogen) atoms. The molecule has 0 aliphatic carbocycles. The van der Waals surface area contributed by atoms with E-state index in [0.717, 1.165) is 83.5 Å². The Morgan fingerprint density at radius 2 is 0.609 bits per heavy atom.